The second-order valence-corrected chi connectivity index (χ2v) is 6.77. The highest BCUT2D eigenvalue weighted by Gasteiger charge is 2.15. The van der Waals surface area contributed by atoms with Gasteiger partial charge < -0.3 is 31.2 Å². The molecule has 0 spiro atoms. The summed E-state index contributed by atoms with van der Waals surface area (Å²) < 4.78 is 9.74. The van der Waals surface area contributed by atoms with Gasteiger partial charge in [-0.25, -0.2) is 0 Å². The minimum absolute atomic E-state index is 0.0480. The molecular weight excluding hydrogens is 396 g/mol. The molecule has 0 aliphatic carbocycles. The molecule has 0 saturated carbocycles. The molecule has 0 unspecified atom stereocenters. The zero-order valence-corrected chi connectivity index (χ0v) is 18.5. The smallest absolute Gasteiger partial charge is 0.239 e. The predicted octanol–water partition coefficient (Wildman–Crippen LogP) is 0.814. The molecule has 2 aromatic rings. The molecule has 170 valence electrons. The van der Waals surface area contributed by atoms with E-state index in [0.717, 1.165) is 11.1 Å². The van der Waals surface area contributed by atoms with Gasteiger partial charge in [-0.2, -0.15) is 0 Å². The van der Waals surface area contributed by atoms with Crippen LogP contribution < -0.4 is 21.7 Å². The van der Waals surface area contributed by atoms with Crippen LogP contribution >= 0.6 is 0 Å². The van der Waals surface area contributed by atoms with Crippen molar-refractivity contribution in [2.45, 2.75) is 25.2 Å². The van der Waals surface area contributed by atoms with E-state index in [0.29, 0.717) is 19.7 Å². The summed E-state index contributed by atoms with van der Waals surface area (Å²) in [5, 5.41) is 8.49. The standard InChI is InChI=1S/C12H18N2O2.C11H16N2O2/c1-13-11(9-16-2)12(15)14-8-10-6-4-3-5-7-10;1-15-8-10(12)11(14)13-7-9-5-3-2-4-6-9/h3-7,11,13H,8-9H2,1-2H3,(H,14,15);2-6,10H,7-8,12H2,1H3,(H,13,14)/t11-;10-/m11/s1. The highest BCUT2D eigenvalue weighted by molar-refractivity contribution is 5.82. The van der Waals surface area contributed by atoms with E-state index < -0.39 is 6.04 Å². The summed E-state index contributed by atoms with van der Waals surface area (Å²) >= 11 is 0. The lowest BCUT2D eigenvalue weighted by atomic mass is 10.2. The van der Waals surface area contributed by atoms with E-state index in [1.807, 2.05) is 60.7 Å². The Morgan fingerprint density at radius 2 is 1.26 bits per heavy atom. The summed E-state index contributed by atoms with van der Waals surface area (Å²) in [4.78, 5) is 23.1. The van der Waals surface area contributed by atoms with Gasteiger partial charge in [0.2, 0.25) is 11.8 Å². The van der Waals surface area contributed by atoms with Crippen molar-refractivity contribution in [3.05, 3.63) is 71.8 Å². The van der Waals surface area contributed by atoms with Crippen LogP contribution in [0.5, 0.6) is 0 Å². The lowest BCUT2D eigenvalue weighted by Gasteiger charge is -2.14. The van der Waals surface area contributed by atoms with Gasteiger partial charge in [0.05, 0.1) is 13.2 Å². The van der Waals surface area contributed by atoms with E-state index in [1.54, 1.807) is 14.2 Å². The maximum Gasteiger partial charge on any atom is 0.239 e. The van der Waals surface area contributed by atoms with Crippen LogP contribution in [0.2, 0.25) is 0 Å². The van der Waals surface area contributed by atoms with Crippen molar-refractivity contribution < 1.29 is 19.1 Å². The number of likely N-dealkylation sites (N-methyl/N-ethyl adjacent to an activating group) is 1. The number of nitrogens with one attached hydrogen (secondary N) is 3. The molecule has 0 aromatic heterocycles. The van der Waals surface area contributed by atoms with Crippen molar-refractivity contribution in [1.82, 2.24) is 16.0 Å². The van der Waals surface area contributed by atoms with E-state index in [-0.39, 0.29) is 24.5 Å². The van der Waals surface area contributed by atoms with E-state index in [1.165, 1.54) is 7.11 Å². The van der Waals surface area contributed by atoms with E-state index in [2.05, 4.69) is 16.0 Å². The fourth-order valence-corrected chi connectivity index (χ4v) is 2.54. The number of hydrogen-bond acceptors (Lipinski definition) is 6. The summed E-state index contributed by atoms with van der Waals surface area (Å²) in [5.41, 5.74) is 7.69. The Balaban J connectivity index is 0.000000311. The van der Waals surface area contributed by atoms with Gasteiger partial charge in [0, 0.05) is 27.3 Å². The first kappa shape index (κ1) is 26.3. The first-order valence-corrected chi connectivity index (χ1v) is 10.1. The van der Waals surface area contributed by atoms with Gasteiger partial charge in [-0.05, 0) is 18.2 Å². The first-order chi connectivity index (χ1) is 15.0. The number of hydrogen-bond donors (Lipinski definition) is 4. The largest absolute Gasteiger partial charge is 0.383 e. The Bertz CT molecular complexity index is 744. The number of rotatable bonds is 11. The zero-order chi connectivity index (χ0) is 22.9. The minimum Gasteiger partial charge on any atom is -0.383 e. The molecule has 8 nitrogen and oxygen atoms in total. The molecular formula is C23H34N4O4. The lowest BCUT2D eigenvalue weighted by molar-refractivity contribution is -0.124. The van der Waals surface area contributed by atoms with Crippen LogP contribution in [0.4, 0.5) is 0 Å². The lowest BCUT2D eigenvalue weighted by Crippen LogP contribution is -2.45. The van der Waals surface area contributed by atoms with E-state index in [4.69, 9.17) is 15.2 Å². The SMILES string of the molecule is CN[C@H](COC)C(=O)NCc1ccccc1.COC[C@@H](N)C(=O)NCc1ccccc1. The molecule has 0 bridgehead atoms. The number of ether oxygens (including phenoxy) is 2. The quantitative estimate of drug-likeness (QED) is 0.420. The maximum atomic E-state index is 11.7. The van der Waals surface area contributed by atoms with Crippen molar-refractivity contribution in [2.75, 3.05) is 34.5 Å². The van der Waals surface area contributed by atoms with Crippen LogP contribution in [0.3, 0.4) is 0 Å². The number of benzene rings is 2. The Kier molecular flexibility index (Phi) is 13.5. The highest BCUT2D eigenvalue weighted by Crippen LogP contribution is 1.98. The molecule has 0 fully saturated rings. The van der Waals surface area contributed by atoms with Crippen molar-refractivity contribution in [2.24, 2.45) is 5.73 Å². The van der Waals surface area contributed by atoms with Crippen molar-refractivity contribution in [3.8, 4) is 0 Å². The number of nitrogens with two attached hydrogens (primary N) is 1. The maximum absolute atomic E-state index is 11.7. The molecule has 31 heavy (non-hydrogen) atoms. The Morgan fingerprint density at radius 3 is 1.68 bits per heavy atom. The summed E-state index contributed by atoms with van der Waals surface area (Å²) in [5.74, 6) is -0.242. The van der Waals surface area contributed by atoms with Crippen LogP contribution in [-0.2, 0) is 32.2 Å². The molecule has 5 N–H and O–H groups in total. The fourth-order valence-electron chi connectivity index (χ4n) is 2.54. The van der Waals surface area contributed by atoms with Gasteiger partial charge in [0.1, 0.15) is 12.1 Å². The number of carbonyl (C=O) groups is 2. The topological polar surface area (TPSA) is 115 Å². The molecule has 0 heterocycles. The molecule has 2 amide bonds. The average molecular weight is 431 g/mol. The molecule has 8 heteroatoms. The van der Waals surface area contributed by atoms with Gasteiger partial charge in [-0.15, -0.1) is 0 Å². The van der Waals surface area contributed by atoms with Gasteiger partial charge in [0.15, 0.2) is 0 Å². The van der Waals surface area contributed by atoms with E-state index >= 15 is 0 Å². The van der Waals surface area contributed by atoms with Crippen LogP contribution in [-0.4, -0.2) is 58.4 Å². The first-order valence-electron chi connectivity index (χ1n) is 10.1. The third kappa shape index (κ3) is 11.3. The van der Waals surface area contributed by atoms with Gasteiger partial charge in [-0.1, -0.05) is 60.7 Å². The average Bonchev–Trinajstić information content (AvgIpc) is 2.81. The monoisotopic (exact) mass is 430 g/mol. The summed E-state index contributed by atoms with van der Waals surface area (Å²) in [6.07, 6.45) is 0. The van der Waals surface area contributed by atoms with Gasteiger partial charge in [0.25, 0.3) is 0 Å². The van der Waals surface area contributed by atoms with Crippen molar-refractivity contribution in [3.63, 3.8) is 0 Å². The van der Waals surface area contributed by atoms with Crippen LogP contribution in [0.1, 0.15) is 11.1 Å². The number of carbonyl (C=O) groups excluding carboxylic acids is 2. The third-order valence-corrected chi connectivity index (χ3v) is 4.30. The number of amides is 2. The third-order valence-electron chi connectivity index (χ3n) is 4.30. The fraction of sp³-hybridized carbons (Fsp3) is 0.391. The molecule has 0 aliphatic rings. The molecule has 0 radical (unpaired) electrons. The summed E-state index contributed by atoms with van der Waals surface area (Å²) in [7, 11) is 4.84. The normalized spacial score (nSPS) is 12.1. The Morgan fingerprint density at radius 1 is 0.806 bits per heavy atom. The second kappa shape index (κ2) is 16.0. The van der Waals surface area contributed by atoms with E-state index in [9.17, 15) is 9.59 Å². The predicted molar refractivity (Wildman–Crippen MR) is 121 cm³/mol. The highest BCUT2D eigenvalue weighted by atomic mass is 16.5. The van der Waals surface area contributed by atoms with Gasteiger partial charge >= 0.3 is 0 Å². The molecule has 2 atom stereocenters. The summed E-state index contributed by atoms with van der Waals surface area (Å²) in [6, 6.07) is 18.6. The molecule has 0 aliphatic heterocycles. The number of methoxy groups -OCH3 is 2. The van der Waals surface area contributed by atoms with Crippen molar-refractivity contribution in [1.29, 1.82) is 0 Å². The molecule has 0 saturated heterocycles. The molecule has 2 aromatic carbocycles. The van der Waals surface area contributed by atoms with Crippen LogP contribution in [0.15, 0.2) is 60.7 Å². The minimum atomic E-state index is -0.598. The molecule has 2 rings (SSSR count). The Labute approximate surface area is 184 Å². The summed E-state index contributed by atoms with van der Waals surface area (Å²) in [6.45, 7) is 1.65. The zero-order valence-electron chi connectivity index (χ0n) is 18.5. The Hall–Kier alpha value is -2.78. The van der Waals surface area contributed by atoms with Gasteiger partial charge in [-0.3, -0.25) is 9.59 Å². The van der Waals surface area contributed by atoms with Crippen LogP contribution in [0.25, 0.3) is 0 Å². The van der Waals surface area contributed by atoms with Crippen LogP contribution in [0, 0.1) is 0 Å². The second-order valence-electron chi connectivity index (χ2n) is 6.77. The van der Waals surface area contributed by atoms with Crippen molar-refractivity contribution >= 4 is 11.8 Å².